The zero-order chi connectivity index (χ0) is 15.0. The van der Waals surface area contributed by atoms with Gasteiger partial charge in [0, 0.05) is 27.2 Å². The molecule has 0 saturated heterocycles. The maximum atomic E-state index is 11.1. The first kappa shape index (κ1) is 20.1. The van der Waals surface area contributed by atoms with Gasteiger partial charge in [-0.15, -0.1) is 24.0 Å². The number of benzene rings is 1. The largest absolute Gasteiger partial charge is 0.383 e. The minimum Gasteiger partial charge on any atom is -0.383 e. The summed E-state index contributed by atoms with van der Waals surface area (Å²) in [5.41, 5.74) is 0.923. The Hall–Kier alpha value is -0.910. The summed E-state index contributed by atoms with van der Waals surface area (Å²) < 4.78 is 27.2. The van der Waals surface area contributed by atoms with E-state index in [1.165, 1.54) is 12.1 Å². The van der Waals surface area contributed by atoms with Crippen LogP contribution in [0.2, 0.25) is 0 Å². The summed E-state index contributed by atoms with van der Waals surface area (Å²) in [6.07, 6.45) is 0. The summed E-state index contributed by atoms with van der Waals surface area (Å²) in [6, 6.07) is 6.37. The van der Waals surface area contributed by atoms with E-state index in [1.807, 2.05) is 0 Å². The van der Waals surface area contributed by atoms with Crippen molar-refractivity contribution in [3.05, 3.63) is 29.8 Å². The third kappa shape index (κ3) is 7.60. The second-order valence-corrected chi connectivity index (χ2v) is 5.60. The minimum atomic E-state index is -3.64. The van der Waals surface area contributed by atoms with Gasteiger partial charge in [-0.05, 0) is 17.7 Å². The first-order valence-corrected chi connectivity index (χ1v) is 7.57. The molecule has 0 radical (unpaired) electrons. The van der Waals surface area contributed by atoms with Crippen LogP contribution >= 0.6 is 24.0 Å². The zero-order valence-corrected chi connectivity index (χ0v) is 15.1. The lowest BCUT2D eigenvalue weighted by atomic mass is 10.2. The van der Waals surface area contributed by atoms with E-state index in [0.29, 0.717) is 25.7 Å². The Morgan fingerprint density at radius 3 is 2.38 bits per heavy atom. The first-order chi connectivity index (χ1) is 9.47. The normalized spacial score (nSPS) is 11.7. The number of nitrogens with two attached hydrogens (primary N) is 1. The van der Waals surface area contributed by atoms with Gasteiger partial charge in [-0.25, -0.2) is 13.6 Å². The molecule has 1 rings (SSSR count). The second kappa shape index (κ2) is 9.92. The molecule has 4 N–H and O–H groups in total. The fraction of sp³-hybridized carbons (Fsp3) is 0.417. The summed E-state index contributed by atoms with van der Waals surface area (Å²) >= 11 is 0. The lowest BCUT2D eigenvalue weighted by Gasteiger charge is -2.11. The van der Waals surface area contributed by atoms with Crippen LogP contribution in [0.25, 0.3) is 0 Å². The summed E-state index contributed by atoms with van der Waals surface area (Å²) in [6.45, 7) is 1.77. The van der Waals surface area contributed by atoms with Crippen LogP contribution in [-0.2, 0) is 21.3 Å². The van der Waals surface area contributed by atoms with Crippen LogP contribution in [0.15, 0.2) is 34.2 Å². The Morgan fingerprint density at radius 1 is 1.29 bits per heavy atom. The number of rotatable bonds is 6. The van der Waals surface area contributed by atoms with Gasteiger partial charge in [0.15, 0.2) is 5.96 Å². The van der Waals surface area contributed by atoms with E-state index in [9.17, 15) is 8.42 Å². The molecule has 120 valence electrons. The minimum absolute atomic E-state index is 0. The van der Waals surface area contributed by atoms with Crippen LogP contribution in [0.1, 0.15) is 5.56 Å². The molecule has 0 amide bonds. The first-order valence-electron chi connectivity index (χ1n) is 6.02. The highest BCUT2D eigenvalue weighted by Gasteiger charge is 2.06. The van der Waals surface area contributed by atoms with Crippen LogP contribution in [0.5, 0.6) is 0 Å². The molecule has 0 aliphatic heterocycles. The van der Waals surface area contributed by atoms with E-state index in [2.05, 4.69) is 15.6 Å². The molecule has 0 heterocycles. The molecule has 0 aliphatic carbocycles. The van der Waals surface area contributed by atoms with Crippen molar-refractivity contribution in [2.75, 3.05) is 27.3 Å². The fourth-order valence-corrected chi connectivity index (χ4v) is 1.99. The lowest BCUT2D eigenvalue weighted by Crippen LogP contribution is -2.38. The predicted molar refractivity (Wildman–Crippen MR) is 93.3 cm³/mol. The van der Waals surface area contributed by atoms with Crippen molar-refractivity contribution in [1.29, 1.82) is 0 Å². The molecule has 0 aliphatic rings. The van der Waals surface area contributed by atoms with Crippen LogP contribution in [0.3, 0.4) is 0 Å². The summed E-state index contributed by atoms with van der Waals surface area (Å²) in [4.78, 5) is 4.16. The number of methoxy groups -OCH3 is 1. The Balaban J connectivity index is 0.00000400. The fourth-order valence-electron chi connectivity index (χ4n) is 1.47. The van der Waals surface area contributed by atoms with Gasteiger partial charge in [0.05, 0.1) is 11.5 Å². The molecule has 0 unspecified atom stereocenters. The number of aliphatic imine (C=N–C) groups is 1. The molecule has 0 saturated carbocycles. The molecule has 0 atom stereocenters. The highest BCUT2D eigenvalue weighted by atomic mass is 127. The van der Waals surface area contributed by atoms with Gasteiger partial charge in [0.1, 0.15) is 0 Å². The van der Waals surface area contributed by atoms with Gasteiger partial charge < -0.3 is 15.4 Å². The van der Waals surface area contributed by atoms with Crippen LogP contribution in [0.4, 0.5) is 0 Å². The van der Waals surface area contributed by atoms with Gasteiger partial charge in [0.25, 0.3) is 0 Å². The molecule has 7 nitrogen and oxygen atoms in total. The average Bonchev–Trinajstić information content (AvgIpc) is 2.42. The summed E-state index contributed by atoms with van der Waals surface area (Å²) in [5, 5.41) is 11.2. The molecule has 9 heteroatoms. The Bertz CT molecular complexity index is 546. The SMILES string of the molecule is CN=C(NCCOC)NCc1ccc(S(N)(=O)=O)cc1.I. The van der Waals surface area contributed by atoms with Crippen molar-refractivity contribution in [1.82, 2.24) is 10.6 Å². The number of guanidine groups is 1. The highest BCUT2D eigenvalue weighted by molar-refractivity contribution is 14.0. The van der Waals surface area contributed by atoms with Gasteiger partial charge >= 0.3 is 0 Å². The third-order valence-electron chi connectivity index (χ3n) is 2.53. The topological polar surface area (TPSA) is 106 Å². The van der Waals surface area contributed by atoms with Crippen molar-refractivity contribution in [2.24, 2.45) is 10.1 Å². The van der Waals surface area contributed by atoms with Crippen molar-refractivity contribution in [3.8, 4) is 0 Å². The molecule has 0 bridgehead atoms. The highest BCUT2D eigenvalue weighted by Crippen LogP contribution is 2.08. The number of sulfonamides is 1. The molecule has 0 fully saturated rings. The molecular formula is C12H21IN4O3S. The van der Waals surface area contributed by atoms with E-state index in [0.717, 1.165) is 5.56 Å². The van der Waals surface area contributed by atoms with E-state index in [-0.39, 0.29) is 28.9 Å². The number of ether oxygens (including phenoxy) is 1. The number of hydrogen-bond donors (Lipinski definition) is 3. The maximum Gasteiger partial charge on any atom is 0.238 e. The molecule has 1 aromatic rings. The maximum absolute atomic E-state index is 11.1. The van der Waals surface area contributed by atoms with Gasteiger partial charge in [-0.1, -0.05) is 12.1 Å². The summed E-state index contributed by atoms with van der Waals surface area (Å²) in [5.74, 6) is 0.651. The van der Waals surface area contributed by atoms with E-state index >= 15 is 0 Å². The summed E-state index contributed by atoms with van der Waals surface area (Å²) in [7, 11) is -0.338. The Morgan fingerprint density at radius 2 is 1.90 bits per heavy atom. The number of hydrogen-bond acceptors (Lipinski definition) is 4. The lowest BCUT2D eigenvalue weighted by molar-refractivity contribution is 0.203. The van der Waals surface area contributed by atoms with Crippen molar-refractivity contribution >= 4 is 40.0 Å². The zero-order valence-electron chi connectivity index (χ0n) is 12.0. The number of halogens is 1. The second-order valence-electron chi connectivity index (χ2n) is 4.03. The molecule has 21 heavy (non-hydrogen) atoms. The number of nitrogens with one attached hydrogen (secondary N) is 2. The molecule has 1 aromatic carbocycles. The van der Waals surface area contributed by atoms with Crippen molar-refractivity contribution in [3.63, 3.8) is 0 Å². The monoisotopic (exact) mass is 428 g/mol. The van der Waals surface area contributed by atoms with Gasteiger partial charge in [0.2, 0.25) is 10.0 Å². The molecule has 0 aromatic heterocycles. The van der Waals surface area contributed by atoms with Crippen LogP contribution < -0.4 is 15.8 Å². The van der Waals surface area contributed by atoms with Crippen LogP contribution in [-0.4, -0.2) is 41.7 Å². The number of nitrogens with zero attached hydrogens (tertiary/aromatic N) is 1. The van der Waals surface area contributed by atoms with Crippen molar-refractivity contribution in [2.45, 2.75) is 11.4 Å². The smallest absolute Gasteiger partial charge is 0.238 e. The number of primary sulfonamides is 1. The standard InChI is InChI=1S/C12H20N4O3S.HI/c1-14-12(15-7-8-19-2)16-9-10-3-5-11(6-4-10)20(13,17)18;/h3-6H,7-9H2,1-2H3,(H2,13,17,18)(H2,14,15,16);1H. The van der Waals surface area contributed by atoms with Crippen molar-refractivity contribution < 1.29 is 13.2 Å². The third-order valence-corrected chi connectivity index (χ3v) is 3.46. The van der Waals surface area contributed by atoms with Gasteiger partial charge in [-0.3, -0.25) is 4.99 Å². The predicted octanol–water partition coefficient (Wildman–Crippen LogP) is 0.263. The van der Waals surface area contributed by atoms with E-state index in [1.54, 1.807) is 26.3 Å². The molecular weight excluding hydrogens is 407 g/mol. The van der Waals surface area contributed by atoms with Gasteiger partial charge in [-0.2, -0.15) is 0 Å². The van der Waals surface area contributed by atoms with Crippen LogP contribution in [0, 0.1) is 0 Å². The molecule has 0 spiro atoms. The van der Waals surface area contributed by atoms with E-state index in [4.69, 9.17) is 9.88 Å². The quantitative estimate of drug-likeness (QED) is 0.261. The Labute approximate surface area is 142 Å². The average molecular weight is 428 g/mol. The Kier molecular flexibility index (Phi) is 9.49. The van der Waals surface area contributed by atoms with E-state index < -0.39 is 10.0 Å².